The number of phenols is 1. The molecule has 4 rings (SSSR count). The second kappa shape index (κ2) is 10.5. The summed E-state index contributed by atoms with van der Waals surface area (Å²) >= 11 is 1.63. The summed E-state index contributed by atoms with van der Waals surface area (Å²) in [5.74, 6) is 1.19. The lowest BCUT2D eigenvalue weighted by Gasteiger charge is -2.27. The number of fused-ring (bicyclic) bond motifs is 1. The number of methoxy groups -OCH3 is 1. The molecule has 1 saturated heterocycles. The van der Waals surface area contributed by atoms with Gasteiger partial charge in [0.15, 0.2) is 0 Å². The summed E-state index contributed by atoms with van der Waals surface area (Å²) in [4.78, 5) is 16.5. The molecule has 33 heavy (non-hydrogen) atoms. The Morgan fingerprint density at radius 2 is 2.00 bits per heavy atom. The van der Waals surface area contributed by atoms with Crippen LogP contribution >= 0.6 is 11.8 Å². The number of ether oxygens (including phenoxy) is 3. The number of carbonyl (C=O) groups excluding carboxylic acids is 1. The molecule has 1 aromatic heterocycles. The van der Waals surface area contributed by atoms with Gasteiger partial charge in [0.25, 0.3) is 0 Å². The lowest BCUT2D eigenvalue weighted by molar-refractivity contribution is 0.0340. The number of benzene rings is 2. The van der Waals surface area contributed by atoms with E-state index in [4.69, 9.17) is 14.2 Å². The van der Waals surface area contributed by atoms with E-state index in [0.29, 0.717) is 31.1 Å². The zero-order valence-corrected chi connectivity index (χ0v) is 20.1. The summed E-state index contributed by atoms with van der Waals surface area (Å²) in [5.41, 5.74) is 3.06. The number of hydrogen-bond donors (Lipinski definition) is 1. The van der Waals surface area contributed by atoms with E-state index >= 15 is 0 Å². The van der Waals surface area contributed by atoms with Crippen molar-refractivity contribution in [1.82, 2.24) is 9.47 Å². The average molecular weight is 471 g/mol. The van der Waals surface area contributed by atoms with Crippen molar-refractivity contribution < 1.29 is 24.1 Å². The Kier molecular flexibility index (Phi) is 7.47. The lowest BCUT2D eigenvalue weighted by Crippen LogP contribution is -2.35. The Morgan fingerprint density at radius 1 is 1.21 bits per heavy atom. The Hall–Kier alpha value is -2.68. The number of carbonyl (C=O) groups is 1. The third kappa shape index (κ3) is 4.98. The summed E-state index contributed by atoms with van der Waals surface area (Å²) in [6.07, 6.45) is 0. The van der Waals surface area contributed by atoms with Gasteiger partial charge in [-0.15, -0.1) is 11.8 Å². The monoisotopic (exact) mass is 470 g/mol. The van der Waals surface area contributed by atoms with Gasteiger partial charge in [-0.2, -0.15) is 0 Å². The molecule has 3 aromatic rings. The topological polar surface area (TPSA) is 73.2 Å². The first-order chi connectivity index (χ1) is 16.0. The van der Waals surface area contributed by atoms with E-state index in [-0.39, 0.29) is 18.3 Å². The summed E-state index contributed by atoms with van der Waals surface area (Å²) < 4.78 is 18.3. The van der Waals surface area contributed by atoms with Crippen LogP contribution < -0.4 is 4.74 Å². The van der Waals surface area contributed by atoms with Gasteiger partial charge in [0.2, 0.25) is 0 Å². The van der Waals surface area contributed by atoms with Crippen molar-refractivity contribution in [2.24, 2.45) is 7.05 Å². The standard InChI is InChI=1S/C25H30N2O5S/c1-4-32-25(29)24-21(16-33-18-7-5-6-17(14-18)30-3)26(2)20-8-9-22(28)19(23(20)24)15-27-10-12-31-13-11-27/h5-9,14,28H,4,10-13,15-16H2,1-3H3. The smallest absolute Gasteiger partial charge is 0.340 e. The molecule has 0 radical (unpaired) electrons. The molecule has 0 aliphatic carbocycles. The van der Waals surface area contributed by atoms with Crippen LogP contribution in [-0.4, -0.2) is 60.6 Å². The first-order valence-corrected chi connectivity index (χ1v) is 12.1. The maximum atomic E-state index is 13.2. The van der Waals surface area contributed by atoms with Crippen LogP contribution in [0.2, 0.25) is 0 Å². The highest BCUT2D eigenvalue weighted by atomic mass is 32.2. The molecule has 7 nitrogen and oxygen atoms in total. The van der Waals surface area contributed by atoms with Crippen LogP contribution in [0.1, 0.15) is 28.5 Å². The fourth-order valence-electron chi connectivity index (χ4n) is 4.22. The van der Waals surface area contributed by atoms with Gasteiger partial charge in [-0.05, 0) is 37.3 Å². The molecular weight excluding hydrogens is 440 g/mol. The molecule has 0 saturated carbocycles. The lowest BCUT2D eigenvalue weighted by atomic mass is 10.0. The van der Waals surface area contributed by atoms with E-state index in [0.717, 1.165) is 45.9 Å². The van der Waals surface area contributed by atoms with Crippen LogP contribution in [-0.2, 0) is 28.8 Å². The highest BCUT2D eigenvalue weighted by molar-refractivity contribution is 7.98. The molecule has 0 atom stereocenters. The summed E-state index contributed by atoms with van der Waals surface area (Å²) in [7, 11) is 3.61. The summed E-state index contributed by atoms with van der Waals surface area (Å²) in [5, 5.41) is 11.6. The molecule has 8 heteroatoms. The molecule has 0 amide bonds. The maximum Gasteiger partial charge on any atom is 0.340 e. The van der Waals surface area contributed by atoms with Crippen molar-refractivity contribution in [2.45, 2.75) is 24.1 Å². The number of nitrogens with zero attached hydrogens (tertiary/aromatic N) is 2. The molecule has 2 aromatic carbocycles. The van der Waals surface area contributed by atoms with E-state index in [2.05, 4.69) is 4.90 Å². The number of morpholine rings is 1. The van der Waals surface area contributed by atoms with Crippen molar-refractivity contribution in [3.8, 4) is 11.5 Å². The molecule has 176 valence electrons. The van der Waals surface area contributed by atoms with E-state index in [1.165, 1.54) is 0 Å². The Bertz CT molecular complexity index is 1140. The van der Waals surface area contributed by atoms with E-state index in [1.54, 1.807) is 31.9 Å². The van der Waals surface area contributed by atoms with Crippen molar-refractivity contribution in [1.29, 1.82) is 0 Å². The zero-order valence-electron chi connectivity index (χ0n) is 19.3. The first kappa shape index (κ1) is 23.5. The molecule has 1 aliphatic rings. The number of thioether (sulfide) groups is 1. The van der Waals surface area contributed by atoms with Gasteiger partial charge in [0.1, 0.15) is 11.5 Å². The van der Waals surface area contributed by atoms with Gasteiger partial charge >= 0.3 is 5.97 Å². The molecule has 1 N–H and O–H groups in total. The normalized spacial score (nSPS) is 14.5. The number of esters is 1. The molecule has 1 fully saturated rings. The number of aryl methyl sites for hydroxylation is 1. The van der Waals surface area contributed by atoms with Crippen LogP contribution in [0, 0.1) is 0 Å². The summed E-state index contributed by atoms with van der Waals surface area (Å²) in [6, 6.07) is 11.4. The summed E-state index contributed by atoms with van der Waals surface area (Å²) in [6.45, 7) is 5.55. The van der Waals surface area contributed by atoms with Crippen LogP contribution in [0.3, 0.4) is 0 Å². The molecule has 0 unspecified atom stereocenters. The van der Waals surface area contributed by atoms with Crippen LogP contribution in [0.25, 0.3) is 10.9 Å². The van der Waals surface area contributed by atoms with Gasteiger partial charge < -0.3 is 23.9 Å². The molecule has 0 spiro atoms. The highest BCUT2D eigenvalue weighted by Crippen LogP contribution is 2.37. The van der Waals surface area contributed by atoms with Crippen molar-refractivity contribution in [2.75, 3.05) is 40.0 Å². The average Bonchev–Trinajstić information content (AvgIpc) is 3.12. The van der Waals surface area contributed by atoms with Gasteiger partial charge in [-0.1, -0.05) is 6.07 Å². The zero-order chi connectivity index (χ0) is 23.4. The molecule has 1 aliphatic heterocycles. The largest absolute Gasteiger partial charge is 0.508 e. The van der Waals surface area contributed by atoms with E-state index in [1.807, 2.05) is 41.9 Å². The van der Waals surface area contributed by atoms with Gasteiger partial charge in [0, 0.05) is 59.5 Å². The van der Waals surface area contributed by atoms with Crippen LogP contribution in [0.4, 0.5) is 0 Å². The van der Waals surface area contributed by atoms with Crippen molar-refractivity contribution in [3.63, 3.8) is 0 Å². The second-order valence-corrected chi connectivity index (χ2v) is 8.96. The second-order valence-electron chi connectivity index (χ2n) is 7.91. The van der Waals surface area contributed by atoms with Crippen LogP contribution in [0.15, 0.2) is 41.3 Å². The number of hydrogen-bond acceptors (Lipinski definition) is 7. The third-order valence-electron chi connectivity index (χ3n) is 5.95. The quantitative estimate of drug-likeness (QED) is 0.391. The Morgan fingerprint density at radius 3 is 2.73 bits per heavy atom. The van der Waals surface area contributed by atoms with Crippen LogP contribution in [0.5, 0.6) is 11.5 Å². The minimum absolute atomic E-state index is 0.192. The minimum atomic E-state index is -0.363. The third-order valence-corrected chi connectivity index (χ3v) is 6.96. The number of aromatic hydroxyl groups is 1. The number of phenolic OH excluding ortho intramolecular Hbond substituents is 1. The van der Waals surface area contributed by atoms with Gasteiger partial charge in [0.05, 0.1) is 32.5 Å². The van der Waals surface area contributed by atoms with Gasteiger partial charge in [-0.25, -0.2) is 4.79 Å². The number of rotatable bonds is 8. The molecule has 0 bridgehead atoms. The van der Waals surface area contributed by atoms with Crippen molar-refractivity contribution >= 4 is 28.6 Å². The maximum absolute atomic E-state index is 13.2. The SMILES string of the molecule is CCOC(=O)c1c(CSc2cccc(OC)c2)n(C)c2ccc(O)c(CN3CCOCC3)c12. The predicted molar refractivity (Wildman–Crippen MR) is 129 cm³/mol. The fourth-order valence-corrected chi connectivity index (χ4v) is 5.23. The molecule has 2 heterocycles. The van der Waals surface area contributed by atoms with Gasteiger partial charge in [-0.3, -0.25) is 4.90 Å². The number of aromatic nitrogens is 1. The molecular formula is C25H30N2O5S. The Labute approximate surface area is 198 Å². The van der Waals surface area contributed by atoms with E-state index in [9.17, 15) is 9.90 Å². The Balaban J connectivity index is 1.78. The predicted octanol–water partition coefficient (Wildman–Crippen LogP) is 4.19. The fraction of sp³-hybridized carbons (Fsp3) is 0.400. The first-order valence-electron chi connectivity index (χ1n) is 11.1. The highest BCUT2D eigenvalue weighted by Gasteiger charge is 2.27. The minimum Gasteiger partial charge on any atom is -0.508 e. The van der Waals surface area contributed by atoms with E-state index < -0.39 is 0 Å². The van der Waals surface area contributed by atoms with Crippen molar-refractivity contribution in [3.05, 3.63) is 53.2 Å².